The summed E-state index contributed by atoms with van der Waals surface area (Å²) < 4.78 is 2.09. The third-order valence-corrected chi connectivity index (χ3v) is 6.09. The molecule has 1 aliphatic rings. The van der Waals surface area contributed by atoms with Gasteiger partial charge in [-0.1, -0.05) is 44.2 Å². The molecule has 6 heteroatoms. The topological polar surface area (TPSA) is 71.4 Å². The molecule has 2 heterocycles. The van der Waals surface area contributed by atoms with Crippen LogP contribution >= 0.6 is 0 Å². The summed E-state index contributed by atoms with van der Waals surface area (Å²) in [4.78, 5) is 39.6. The lowest BCUT2D eigenvalue weighted by Crippen LogP contribution is -2.54. The van der Waals surface area contributed by atoms with Gasteiger partial charge in [0.05, 0.1) is 5.69 Å². The van der Waals surface area contributed by atoms with Crippen molar-refractivity contribution in [2.45, 2.75) is 40.5 Å². The Hall–Kier alpha value is -3.93. The molecule has 4 rings (SSSR count). The Morgan fingerprint density at radius 2 is 1.61 bits per heavy atom. The number of rotatable bonds is 5. The third kappa shape index (κ3) is 4.00. The first kappa shape index (κ1) is 22.3. The van der Waals surface area contributed by atoms with E-state index in [1.165, 1.54) is 5.56 Å². The highest BCUT2D eigenvalue weighted by Gasteiger charge is 2.37. The van der Waals surface area contributed by atoms with Gasteiger partial charge in [0.25, 0.3) is 11.8 Å². The van der Waals surface area contributed by atoms with E-state index in [1.807, 2.05) is 39.0 Å². The molecular weight excluding hydrogens is 414 g/mol. The van der Waals surface area contributed by atoms with E-state index in [2.05, 4.69) is 41.1 Å². The van der Waals surface area contributed by atoms with Crippen molar-refractivity contribution in [3.8, 4) is 5.69 Å². The first-order valence-corrected chi connectivity index (χ1v) is 11.1. The van der Waals surface area contributed by atoms with E-state index >= 15 is 0 Å². The van der Waals surface area contributed by atoms with Crippen LogP contribution < -0.4 is 10.2 Å². The Kier molecular flexibility index (Phi) is 6.01. The molecule has 1 N–H and O–H groups in total. The average molecular weight is 442 g/mol. The number of aromatic nitrogens is 1. The Morgan fingerprint density at radius 1 is 0.909 bits per heavy atom. The summed E-state index contributed by atoms with van der Waals surface area (Å²) in [7, 11) is 0. The van der Waals surface area contributed by atoms with Gasteiger partial charge in [0.2, 0.25) is 0 Å². The second-order valence-electron chi connectivity index (χ2n) is 8.12. The number of carbonyl (C=O) groups is 3. The zero-order valence-corrected chi connectivity index (χ0v) is 19.3. The van der Waals surface area contributed by atoms with Crippen LogP contribution in [0.3, 0.4) is 0 Å². The number of aryl methyl sites for hydroxylation is 3. The number of urea groups is 1. The number of imide groups is 2. The van der Waals surface area contributed by atoms with Crippen LogP contribution in [0.1, 0.15) is 41.9 Å². The number of hydrogen-bond acceptors (Lipinski definition) is 3. The van der Waals surface area contributed by atoms with Crippen molar-refractivity contribution in [3.05, 3.63) is 88.2 Å². The van der Waals surface area contributed by atoms with Crippen LogP contribution in [0.4, 0.5) is 10.5 Å². The van der Waals surface area contributed by atoms with E-state index in [-0.39, 0.29) is 5.57 Å². The van der Waals surface area contributed by atoms with Crippen LogP contribution in [-0.2, 0) is 22.4 Å². The zero-order chi connectivity index (χ0) is 23.7. The fraction of sp³-hybridized carbons (Fsp3) is 0.222. The summed E-state index contributed by atoms with van der Waals surface area (Å²) in [5.41, 5.74) is 6.18. The van der Waals surface area contributed by atoms with Gasteiger partial charge in [-0.25, -0.2) is 9.69 Å². The number of barbiturate groups is 1. The fourth-order valence-corrected chi connectivity index (χ4v) is 4.27. The highest BCUT2D eigenvalue weighted by molar-refractivity contribution is 6.39. The average Bonchev–Trinajstić information content (AvgIpc) is 3.09. The number of hydrogen-bond donors (Lipinski definition) is 1. The van der Waals surface area contributed by atoms with Gasteiger partial charge in [0, 0.05) is 17.1 Å². The molecule has 4 amide bonds. The molecule has 1 aliphatic heterocycles. The molecule has 0 spiro atoms. The van der Waals surface area contributed by atoms with Gasteiger partial charge in [-0.15, -0.1) is 0 Å². The Balaban J connectivity index is 1.76. The Bertz CT molecular complexity index is 1280. The van der Waals surface area contributed by atoms with Crippen LogP contribution in [0.5, 0.6) is 0 Å². The van der Waals surface area contributed by atoms with E-state index in [9.17, 15) is 14.4 Å². The monoisotopic (exact) mass is 441 g/mol. The molecule has 1 fully saturated rings. The minimum Gasteiger partial charge on any atom is -0.318 e. The van der Waals surface area contributed by atoms with Crippen molar-refractivity contribution in [2.75, 3.05) is 4.90 Å². The number of benzene rings is 2. The van der Waals surface area contributed by atoms with Crippen LogP contribution in [0, 0.1) is 13.8 Å². The molecule has 0 saturated carbocycles. The first-order valence-electron chi connectivity index (χ1n) is 11.1. The van der Waals surface area contributed by atoms with E-state index < -0.39 is 17.8 Å². The van der Waals surface area contributed by atoms with Gasteiger partial charge < -0.3 is 4.57 Å². The van der Waals surface area contributed by atoms with E-state index in [0.29, 0.717) is 12.1 Å². The van der Waals surface area contributed by atoms with Crippen molar-refractivity contribution in [2.24, 2.45) is 0 Å². The molecule has 6 nitrogen and oxygen atoms in total. The SMILES string of the molecule is CCc1ccc(-n2c(C)cc(/C=C3\C(=O)NC(=O)N(c4ccccc4CC)C3=O)c2C)cc1. The number of anilines is 1. The summed E-state index contributed by atoms with van der Waals surface area (Å²) in [6, 6.07) is 16.7. The predicted molar refractivity (Wildman–Crippen MR) is 129 cm³/mol. The summed E-state index contributed by atoms with van der Waals surface area (Å²) in [6.45, 7) is 8.01. The molecular formula is C27H27N3O3. The van der Waals surface area contributed by atoms with Gasteiger partial charge in [-0.05, 0) is 73.7 Å². The lowest BCUT2D eigenvalue weighted by Gasteiger charge is -2.28. The molecule has 1 saturated heterocycles. The van der Waals surface area contributed by atoms with Crippen LogP contribution in [0.25, 0.3) is 11.8 Å². The first-order chi connectivity index (χ1) is 15.8. The van der Waals surface area contributed by atoms with Crippen LogP contribution in [0.15, 0.2) is 60.2 Å². The van der Waals surface area contributed by atoms with Crippen molar-refractivity contribution in [3.63, 3.8) is 0 Å². The van der Waals surface area contributed by atoms with E-state index in [4.69, 9.17) is 0 Å². The molecule has 0 aliphatic carbocycles. The lowest BCUT2D eigenvalue weighted by atomic mass is 10.0. The molecule has 0 unspecified atom stereocenters. The summed E-state index contributed by atoms with van der Waals surface area (Å²) in [5.74, 6) is -1.31. The number of carbonyl (C=O) groups excluding carboxylic acids is 3. The number of nitrogens with one attached hydrogen (secondary N) is 1. The molecule has 0 bridgehead atoms. The minimum absolute atomic E-state index is 0.0675. The quantitative estimate of drug-likeness (QED) is 0.453. The minimum atomic E-state index is -0.732. The van der Waals surface area contributed by atoms with Crippen molar-refractivity contribution < 1.29 is 14.4 Å². The fourth-order valence-electron chi connectivity index (χ4n) is 4.27. The van der Waals surface area contributed by atoms with Gasteiger partial charge in [-0.3, -0.25) is 14.9 Å². The summed E-state index contributed by atoms with van der Waals surface area (Å²) in [5, 5.41) is 2.32. The van der Waals surface area contributed by atoms with Crippen molar-refractivity contribution in [1.29, 1.82) is 0 Å². The molecule has 33 heavy (non-hydrogen) atoms. The van der Waals surface area contributed by atoms with Crippen molar-refractivity contribution >= 4 is 29.6 Å². The second kappa shape index (κ2) is 8.90. The standard InChI is InChI=1S/C27H27N3O3/c1-5-19-11-13-22(14-12-19)29-17(3)15-21(18(29)4)16-23-25(31)28-27(33)30(26(23)32)24-10-8-7-9-20(24)6-2/h7-16H,5-6H2,1-4H3,(H,28,31,33)/b23-16+. The summed E-state index contributed by atoms with van der Waals surface area (Å²) >= 11 is 0. The lowest BCUT2D eigenvalue weighted by molar-refractivity contribution is -0.122. The molecule has 3 aromatic rings. The maximum absolute atomic E-state index is 13.3. The number of para-hydroxylation sites is 1. The van der Waals surface area contributed by atoms with Gasteiger partial charge in [0.15, 0.2) is 0 Å². The van der Waals surface area contributed by atoms with Crippen LogP contribution in [0.2, 0.25) is 0 Å². The van der Waals surface area contributed by atoms with Crippen LogP contribution in [-0.4, -0.2) is 22.4 Å². The molecule has 0 atom stereocenters. The van der Waals surface area contributed by atoms with Crippen molar-refractivity contribution in [1.82, 2.24) is 9.88 Å². The predicted octanol–water partition coefficient (Wildman–Crippen LogP) is 4.89. The number of nitrogens with zero attached hydrogens (tertiary/aromatic N) is 2. The maximum Gasteiger partial charge on any atom is 0.335 e. The zero-order valence-electron chi connectivity index (χ0n) is 19.3. The van der Waals surface area contributed by atoms with Gasteiger partial charge in [-0.2, -0.15) is 0 Å². The van der Waals surface area contributed by atoms with Gasteiger partial charge >= 0.3 is 6.03 Å². The maximum atomic E-state index is 13.3. The smallest absolute Gasteiger partial charge is 0.318 e. The Morgan fingerprint density at radius 3 is 2.27 bits per heavy atom. The summed E-state index contributed by atoms with van der Waals surface area (Å²) in [6.07, 6.45) is 3.19. The molecule has 1 aromatic heterocycles. The second-order valence-corrected chi connectivity index (χ2v) is 8.12. The Labute approximate surface area is 193 Å². The molecule has 0 radical (unpaired) electrons. The largest absolute Gasteiger partial charge is 0.335 e. The third-order valence-electron chi connectivity index (χ3n) is 6.09. The highest BCUT2D eigenvalue weighted by Crippen LogP contribution is 2.28. The molecule has 168 valence electrons. The highest BCUT2D eigenvalue weighted by atomic mass is 16.2. The van der Waals surface area contributed by atoms with E-state index in [0.717, 1.165) is 39.5 Å². The normalized spacial score (nSPS) is 15.3. The number of amides is 4. The molecule has 2 aromatic carbocycles. The van der Waals surface area contributed by atoms with E-state index in [1.54, 1.807) is 18.2 Å². The van der Waals surface area contributed by atoms with Gasteiger partial charge in [0.1, 0.15) is 5.57 Å².